The highest BCUT2D eigenvalue weighted by atomic mass is 32.2. The van der Waals surface area contributed by atoms with E-state index in [0.717, 1.165) is 61.4 Å². The lowest BCUT2D eigenvalue weighted by molar-refractivity contribution is -0.759. The zero-order chi connectivity index (χ0) is 29.0. The van der Waals surface area contributed by atoms with Crippen molar-refractivity contribution in [3.05, 3.63) is 29.5 Å². The van der Waals surface area contributed by atoms with Gasteiger partial charge in [-0.2, -0.15) is 5.01 Å². The van der Waals surface area contributed by atoms with Gasteiger partial charge in [0.15, 0.2) is 5.12 Å². The van der Waals surface area contributed by atoms with Gasteiger partial charge in [0.2, 0.25) is 11.2 Å². The first-order valence-electron chi connectivity index (χ1n) is 13.5. The van der Waals surface area contributed by atoms with Crippen LogP contribution in [0.2, 0.25) is 0 Å². The van der Waals surface area contributed by atoms with Gasteiger partial charge in [0.25, 0.3) is 6.20 Å². The fraction of sp³-hybridized carbons (Fsp3) is 0.643. The van der Waals surface area contributed by atoms with Crippen LogP contribution in [0.25, 0.3) is 0 Å². The summed E-state index contributed by atoms with van der Waals surface area (Å²) >= 11 is 2.98. The lowest BCUT2D eigenvalue weighted by Gasteiger charge is -2.30. The number of rotatable bonds is 9. The SMILES string of the molecule is CC(=O)SC[C@@H](C)C(=O)Nc1c[n+](N2CCN(CCSc3cc(C(C)(C)C)c(O)c(C(C)(C)C)c3)CC2)no1. The topological polar surface area (TPSA) is 103 Å². The summed E-state index contributed by atoms with van der Waals surface area (Å²) in [5.74, 6) is 1.58. The zero-order valence-corrected chi connectivity index (χ0v) is 26.2. The monoisotopic (exact) mass is 578 g/mol. The Morgan fingerprint density at radius 3 is 2.23 bits per heavy atom. The number of piperazine rings is 1. The molecule has 0 spiro atoms. The Morgan fingerprint density at radius 2 is 1.69 bits per heavy atom. The molecule has 39 heavy (non-hydrogen) atoms. The molecule has 0 saturated carbocycles. The van der Waals surface area contributed by atoms with Gasteiger partial charge in [0, 0.05) is 60.0 Å². The number of benzene rings is 1. The molecule has 0 aliphatic carbocycles. The molecule has 0 radical (unpaired) electrons. The largest absolute Gasteiger partial charge is 0.507 e. The number of nitrogens with zero attached hydrogens (tertiary/aromatic N) is 4. The predicted molar refractivity (Wildman–Crippen MR) is 158 cm³/mol. The highest BCUT2D eigenvalue weighted by molar-refractivity contribution is 8.13. The number of hydrogen-bond donors (Lipinski definition) is 2. The molecule has 1 saturated heterocycles. The summed E-state index contributed by atoms with van der Waals surface area (Å²) in [6.45, 7) is 20.5. The van der Waals surface area contributed by atoms with Crippen molar-refractivity contribution in [3.8, 4) is 5.75 Å². The van der Waals surface area contributed by atoms with E-state index in [2.05, 4.69) is 74.2 Å². The molecule has 2 heterocycles. The molecule has 1 aromatic heterocycles. The molecular weight excluding hydrogens is 534 g/mol. The third kappa shape index (κ3) is 8.88. The van der Waals surface area contributed by atoms with Gasteiger partial charge in [0.1, 0.15) is 5.75 Å². The smallest absolute Gasteiger partial charge is 0.305 e. The van der Waals surface area contributed by atoms with Crippen LogP contribution < -0.4 is 15.1 Å². The second kappa shape index (κ2) is 13.0. The van der Waals surface area contributed by atoms with E-state index in [9.17, 15) is 14.7 Å². The quantitative estimate of drug-likeness (QED) is 0.335. The van der Waals surface area contributed by atoms with Crippen LogP contribution in [0.1, 0.15) is 66.5 Å². The van der Waals surface area contributed by atoms with Gasteiger partial charge in [-0.25, -0.2) is 0 Å². The van der Waals surface area contributed by atoms with Crippen molar-refractivity contribution in [1.29, 1.82) is 0 Å². The number of nitrogens with one attached hydrogen (secondary N) is 1. The highest BCUT2D eigenvalue weighted by Crippen LogP contribution is 2.41. The van der Waals surface area contributed by atoms with Crippen LogP contribution in [-0.2, 0) is 20.4 Å². The number of anilines is 1. The summed E-state index contributed by atoms with van der Waals surface area (Å²) in [6.07, 6.45) is 1.68. The van der Waals surface area contributed by atoms with Gasteiger partial charge in [-0.15, -0.1) is 11.8 Å². The Balaban J connectivity index is 1.50. The van der Waals surface area contributed by atoms with Crippen molar-refractivity contribution < 1.29 is 24.0 Å². The van der Waals surface area contributed by atoms with Crippen molar-refractivity contribution in [2.45, 2.75) is 71.1 Å². The summed E-state index contributed by atoms with van der Waals surface area (Å²) in [5, 5.41) is 19.9. The van der Waals surface area contributed by atoms with Crippen molar-refractivity contribution in [1.82, 2.24) is 10.2 Å². The Morgan fingerprint density at radius 1 is 1.10 bits per heavy atom. The molecule has 2 N–H and O–H groups in total. The van der Waals surface area contributed by atoms with E-state index in [-0.39, 0.29) is 33.7 Å². The van der Waals surface area contributed by atoms with Gasteiger partial charge in [-0.1, -0.05) is 60.2 Å². The van der Waals surface area contributed by atoms with Crippen molar-refractivity contribution >= 4 is 40.4 Å². The first kappa shape index (κ1) is 31.3. The number of aromatic hydroxyl groups is 1. The summed E-state index contributed by atoms with van der Waals surface area (Å²) in [6, 6.07) is 4.29. The Hall–Kier alpha value is -2.24. The molecule has 3 rings (SSSR count). The van der Waals surface area contributed by atoms with Crippen LogP contribution in [0.3, 0.4) is 0 Å². The van der Waals surface area contributed by atoms with Gasteiger partial charge in [0.05, 0.1) is 17.9 Å². The fourth-order valence-electron chi connectivity index (χ4n) is 4.28. The minimum Gasteiger partial charge on any atom is -0.507 e. The first-order valence-corrected chi connectivity index (χ1v) is 15.4. The molecule has 0 bridgehead atoms. The summed E-state index contributed by atoms with van der Waals surface area (Å²) in [4.78, 5) is 28.8. The summed E-state index contributed by atoms with van der Waals surface area (Å²) in [5.41, 5.74) is 1.72. The number of carbonyl (C=O) groups is 2. The average molecular weight is 579 g/mol. The minimum absolute atomic E-state index is 0.00501. The van der Waals surface area contributed by atoms with Crippen molar-refractivity contribution in [2.75, 3.05) is 54.6 Å². The molecule has 1 fully saturated rings. The maximum atomic E-state index is 12.3. The number of aromatic nitrogens is 2. The second-order valence-electron chi connectivity index (χ2n) is 12.2. The lowest BCUT2D eigenvalue weighted by atomic mass is 9.79. The normalized spacial score (nSPS) is 15.8. The Labute approximate surface area is 241 Å². The lowest BCUT2D eigenvalue weighted by Crippen LogP contribution is -2.65. The van der Waals surface area contributed by atoms with E-state index in [4.69, 9.17) is 4.52 Å². The number of hydrogen-bond acceptors (Lipinski definition) is 9. The van der Waals surface area contributed by atoms with Crippen LogP contribution in [0.15, 0.2) is 27.7 Å². The number of phenolic OH excluding ortho intramolecular Hbond substituents is 1. The second-order valence-corrected chi connectivity index (χ2v) is 14.6. The summed E-state index contributed by atoms with van der Waals surface area (Å²) in [7, 11) is 0. The van der Waals surface area contributed by atoms with Crippen molar-refractivity contribution in [3.63, 3.8) is 0 Å². The fourth-order valence-corrected chi connectivity index (χ4v) is 5.91. The molecule has 216 valence electrons. The third-order valence-electron chi connectivity index (χ3n) is 6.70. The van der Waals surface area contributed by atoms with E-state index in [1.807, 2.05) is 11.8 Å². The molecule has 0 unspecified atom stereocenters. The van der Waals surface area contributed by atoms with E-state index in [1.165, 1.54) is 11.8 Å². The van der Waals surface area contributed by atoms with E-state index >= 15 is 0 Å². The van der Waals surface area contributed by atoms with Gasteiger partial charge in [-0.05, 0) is 23.0 Å². The number of phenols is 1. The van der Waals surface area contributed by atoms with Crippen LogP contribution in [0, 0.1) is 5.92 Å². The number of amides is 1. The molecule has 11 heteroatoms. The maximum absolute atomic E-state index is 12.3. The van der Waals surface area contributed by atoms with Crippen LogP contribution in [0.5, 0.6) is 5.75 Å². The maximum Gasteiger partial charge on any atom is 0.305 e. The summed E-state index contributed by atoms with van der Waals surface area (Å²) < 4.78 is 5.31. The Kier molecular flexibility index (Phi) is 10.4. The molecule has 1 aliphatic rings. The standard InChI is InChI=1S/C28H43N5O4S2/c1-19(18-39-20(2)34)26(36)29-24-17-33(30-37-24)32-11-9-31(10-12-32)13-14-38-21-15-22(27(3,4)5)25(35)23(16-21)28(6,7)8/h15-17,19H,9-14,18H2,1-8H3,(H-,29,30,35,36)/p+1/t19-/m1/s1. The molecule has 1 aliphatic heterocycles. The molecule has 1 atom stereocenters. The van der Waals surface area contributed by atoms with Crippen LogP contribution in [0.4, 0.5) is 5.88 Å². The number of carbonyl (C=O) groups excluding carboxylic acids is 2. The van der Waals surface area contributed by atoms with Crippen LogP contribution >= 0.6 is 23.5 Å². The minimum atomic E-state index is -0.319. The third-order valence-corrected chi connectivity index (χ3v) is 8.73. The highest BCUT2D eigenvalue weighted by Gasteiger charge is 2.28. The predicted octanol–water partition coefficient (Wildman–Crippen LogP) is 4.16. The molecule has 1 aromatic carbocycles. The molecular formula is C28H44N5O4S2+. The molecule has 1 amide bonds. The van der Waals surface area contributed by atoms with Gasteiger partial charge < -0.3 is 5.11 Å². The molecule has 2 aromatic rings. The molecule has 9 nitrogen and oxygen atoms in total. The zero-order valence-electron chi connectivity index (χ0n) is 24.5. The van der Waals surface area contributed by atoms with Gasteiger partial charge >= 0.3 is 5.88 Å². The first-order chi connectivity index (χ1) is 18.1. The van der Waals surface area contributed by atoms with Crippen molar-refractivity contribution in [2.24, 2.45) is 5.92 Å². The van der Waals surface area contributed by atoms with Crippen LogP contribution in [-0.4, -0.2) is 70.5 Å². The van der Waals surface area contributed by atoms with E-state index < -0.39 is 0 Å². The average Bonchev–Trinajstić information content (AvgIpc) is 3.30. The van der Waals surface area contributed by atoms with E-state index in [1.54, 1.807) is 17.9 Å². The van der Waals surface area contributed by atoms with Gasteiger partial charge in [-0.3, -0.25) is 24.3 Å². The Bertz CT molecular complexity index is 1110. The number of thioether (sulfide) groups is 2. The van der Waals surface area contributed by atoms with E-state index in [0.29, 0.717) is 11.5 Å².